The van der Waals surface area contributed by atoms with Crippen LogP contribution in [-0.4, -0.2) is 17.1 Å². The topological polar surface area (TPSA) is 24.9 Å². The molecule has 2 fully saturated rings. The summed E-state index contributed by atoms with van der Waals surface area (Å²) >= 11 is 0. The number of rotatable bonds is 2. The van der Waals surface area contributed by atoms with Crippen LogP contribution >= 0.6 is 0 Å². The molecule has 2 bridgehead atoms. The number of aromatic nitrogens is 1. The summed E-state index contributed by atoms with van der Waals surface area (Å²) in [5, 5.41) is 6.30. The van der Waals surface area contributed by atoms with E-state index in [1.165, 1.54) is 48.4 Å². The highest BCUT2D eigenvalue weighted by Crippen LogP contribution is 2.33. The van der Waals surface area contributed by atoms with Gasteiger partial charge >= 0.3 is 0 Å². The Morgan fingerprint density at radius 2 is 1.89 bits per heavy atom. The lowest BCUT2D eigenvalue weighted by Gasteiger charge is -2.29. The molecule has 2 unspecified atom stereocenters. The van der Waals surface area contributed by atoms with Gasteiger partial charge in [-0.2, -0.15) is 0 Å². The van der Waals surface area contributed by atoms with Gasteiger partial charge in [0.2, 0.25) is 0 Å². The number of hydrogen-bond acceptors (Lipinski definition) is 2. The standard InChI is InChI=1S/C17H20N2/c1-2-15-11-18-6-5-14(15)8-12(1)7-13-9-16-3-4-17(10-13)19-16/h1-2,5-6,8,11,13,16-17,19H,3-4,7,9-10H2. The summed E-state index contributed by atoms with van der Waals surface area (Å²) in [6, 6.07) is 10.6. The van der Waals surface area contributed by atoms with Gasteiger partial charge in [-0.15, -0.1) is 0 Å². The predicted molar refractivity (Wildman–Crippen MR) is 78.1 cm³/mol. The summed E-state index contributed by atoms with van der Waals surface area (Å²) in [4.78, 5) is 4.18. The third-order valence-corrected chi connectivity index (χ3v) is 4.80. The zero-order valence-corrected chi connectivity index (χ0v) is 11.2. The summed E-state index contributed by atoms with van der Waals surface area (Å²) in [5.74, 6) is 0.873. The fourth-order valence-corrected chi connectivity index (χ4v) is 3.93. The Morgan fingerprint density at radius 3 is 2.74 bits per heavy atom. The molecule has 98 valence electrons. The Kier molecular flexibility index (Phi) is 2.77. The van der Waals surface area contributed by atoms with Gasteiger partial charge in [-0.1, -0.05) is 18.2 Å². The lowest BCUT2D eigenvalue weighted by Crippen LogP contribution is -2.38. The molecule has 4 rings (SSSR count). The number of pyridine rings is 1. The molecule has 0 aliphatic carbocycles. The van der Waals surface area contributed by atoms with Crippen molar-refractivity contribution in [2.75, 3.05) is 0 Å². The summed E-state index contributed by atoms with van der Waals surface area (Å²) < 4.78 is 0. The summed E-state index contributed by atoms with van der Waals surface area (Å²) in [6.07, 6.45) is 10.6. The minimum absolute atomic E-state index is 0.799. The van der Waals surface area contributed by atoms with Gasteiger partial charge in [0.05, 0.1) is 0 Å². The lowest BCUT2D eigenvalue weighted by molar-refractivity contribution is 0.298. The third kappa shape index (κ3) is 2.25. The van der Waals surface area contributed by atoms with Crippen LogP contribution in [-0.2, 0) is 6.42 Å². The maximum absolute atomic E-state index is 4.18. The maximum Gasteiger partial charge on any atom is 0.0346 e. The smallest absolute Gasteiger partial charge is 0.0346 e. The Hall–Kier alpha value is -1.41. The fourth-order valence-electron chi connectivity index (χ4n) is 3.93. The van der Waals surface area contributed by atoms with Gasteiger partial charge in [-0.05, 0) is 55.0 Å². The quantitative estimate of drug-likeness (QED) is 0.887. The van der Waals surface area contributed by atoms with E-state index in [1.54, 1.807) is 0 Å². The average Bonchev–Trinajstić information content (AvgIpc) is 2.78. The first-order chi connectivity index (χ1) is 9.37. The van der Waals surface area contributed by atoms with E-state index >= 15 is 0 Å². The molecule has 1 N–H and O–H groups in total. The van der Waals surface area contributed by atoms with Crippen LogP contribution in [0, 0.1) is 5.92 Å². The van der Waals surface area contributed by atoms with E-state index in [0.717, 1.165) is 18.0 Å². The largest absolute Gasteiger partial charge is 0.311 e. The van der Waals surface area contributed by atoms with Crippen LogP contribution in [0.3, 0.4) is 0 Å². The number of fused-ring (bicyclic) bond motifs is 3. The summed E-state index contributed by atoms with van der Waals surface area (Å²) in [6.45, 7) is 0. The SMILES string of the molecule is c1cc2cc(CC3CC4CCC(C3)N4)ccc2cn1. The van der Waals surface area contributed by atoms with Crippen molar-refractivity contribution < 1.29 is 0 Å². The zero-order valence-electron chi connectivity index (χ0n) is 11.2. The molecule has 2 nitrogen and oxygen atoms in total. The van der Waals surface area contributed by atoms with Gasteiger partial charge < -0.3 is 5.32 Å². The molecule has 1 aromatic carbocycles. The van der Waals surface area contributed by atoms with E-state index in [0.29, 0.717) is 0 Å². The third-order valence-electron chi connectivity index (χ3n) is 4.80. The molecule has 2 heteroatoms. The summed E-state index contributed by atoms with van der Waals surface area (Å²) in [7, 11) is 0. The second-order valence-corrected chi connectivity index (χ2v) is 6.24. The number of hydrogen-bond donors (Lipinski definition) is 1. The van der Waals surface area contributed by atoms with Crippen LogP contribution in [0.25, 0.3) is 10.8 Å². The molecular weight excluding hydrogens is 232 g/mol. The van der Waals surface area contributed by atoms with E-state index < -0.39 is 0 Å². The highest BCUT2D eigenvalue weighted by molar-refractivity contribution is 5.81. The average molecular weight is 252 g/mol. The lowest BCUT2D eigenvalue weighted by atomic mass is 9.87. The summed E-state index contributed by atoms with van der Waals surface area (Å²) in [5.41, 5.74) is 1.49. The highest BCUT2D eigenvalue weighted by atomic mass is 15.0. The van der Waals surface area contributed by atoms with Gasteiger partial charge in [-0.3, -0.25) is 4.98 Å². The zero-order chi connectivity index (χ0) is 12.7. The normalized spacial score (nSPS) is 29.8. The van der Waals surface area contributed by atoms with Crippen LogP contribution in [0.15, 0.2) is 36.7 Å². The van der Waals surface area contributed by atoms with Gasteiger partial charge in [0, 0.05) is 29.9 Å². The first kappa shape index (κ1) is 11.4. The first-order valence-electron chi connectivity index (χ1n) is 7.45. The minimum atomic E-state index is 0.799. The van der Waals surface area contributed by atoms with E-state index in [-0.39, 0.29) is 0 Å². The van der Waals surface area contributed by atoms with Crippen LogP contribution in [0.4, 0.5) is 0 Å². The molecule has 2 aromatic rings. The van der Waals surface area contributed by atoms with Crippen molar-refractivity contribution in [3.8, 4) is 0 Å². The fraction of sp³-hybridized carbons (Fsp3) is 0.471. The van der Waals surface area contributed by atoms with Gasteiger partial charge in [0.1, 0.15) is 0 Å². The predicted octanol–water partition coefficient (Wildman–Crippen LogP) is 3.31. The van der Waals surface area contributed by atoms with Crippen LogP contribution in [0.5, 0.6) is 0 Å². The molecule has 2 saturated heterocycles. The van der Waals surface area contributed by atoms with Gasteiger partial charge in [0.25, 0.3) is 0 Å². The van der Waals surface area contributed by atoms with Crippen molar-refractivity contribution in [1.82, 2.24) is 10.3 Å². The monoisotopic (exact) mass is 252 g/mol. The van der Waals surface area contributed by atoms with Crippen LogP contribution in [0.1, 0.15) is 31.2 Å². The van der Waals surface area contributed by atoms with Crippen molar-refractivity contribution in [3.05, 3.63) is 42.2 Å². The van der Waals surface area contributed by atoms with Gasteiger partial charge in [0.15, 0.2) is 0 Å². The molecular formula is C17H20N2. The molecule has 2 aliphatic heterocycles. The number of nitrogens with one attached hydrogen (secondary N) is 1. The number of benzene rings is 1. The second kappa shape index (κ2) is 4.61. The van der Waals surface area contributed by atoms with Crippen LogP contribution < -0.4 is 5.32 Å². The molecule has 2 atom stereocenters. The molecule has 19 heavy (non-hydrogen) atoms. The molecule has 0 radical (unpaired) electrons. The van der Waals surface area contributed by atoms with E-state index in [4.69, 9.17) is 0 Å². The Bertz CT molecular complexity index is 581. The van der Waals surface area contributed by atoms with E-state index in [1.807, 2.05) is 12.4 Å². The van der Waals surface area contributed by atoms with Crippen molar-refractivity contribution in [1.29, 1.82) is 0 Å². The molecule has 2 aliphatic rings. The first-order valence-corrected chi connectivity index (χ1v) is 7.45. The van der Waals surface area contributed by atoms with Gasteiger partial charge in [-0.25, -0.2) is 0 Å². The molecule has 0 amide bonds. The van der Waals surface area contributed by atoms with Crippen molar-refractivity contribution in [2.45, 2.75) is 44.2 Å². The van der Waals surface area contributed by atoms with E-state index in [2.05, 4.69) is 34.6 Å². The van der Waals surface area contributed by atoms with Crippen molar-refractivity contribution in [2.24, 2.45) is 5.92 Å². The number of piperidine rings is 1. The Morgan fingerprint density at radius 1 is 1.05 bits per heavy atom. The minimum Gasteiger partial charge on any atom is -0.311 e. The van der Waals surface area contributed by atoms with E-state index in [9.17, 15) is 0 Å². The van der Waals surface area contributed by atoms with Crippen molar-refractivity contribution in [3.63, 3.8) is 0 Å². The molecule has 0 spiro atoms. The number of nitrogens with zero attached hydrogens (tertiary/aromatic N) is 1. The van der Waals surface area contributed by atoms with Crippen LogP contribution in [0.2, 0.25) is 0 Å². The van der Waals surface area contributed by atoms with Crippen molar-refractivity contribution >= 4 is 10.8 Å². The molecule has 0 saturated carbocycles. The maximum atomic E-state index is 4.18. The second-order valence-electron chi connectivity index (χ2n) is 6.24. The Balaban J connectivity index is 1.54. The Labute approximate surface area is 114 Å². The molecule has 1 aromatic heterocycles. The molecule has 3 heterocycles. The highest BCUT2D eigenvalue weighted by Gasteiger charge is 2.33.